The van der Waals surface area contributed by atoms with Crippen LogP contribution in [-0.2, 0) is 0 Å². The zero-order valence-corrected chi connectivity index (χ0v) is 29.4. The zero-order valence-electron chi connectivity index (χ0n) is 29.4. The van der Waals surface area contributed by atoms with E-state index in [1.807, 2.05) is 0 Å². The third-order valence-electron chi connectivity index (χ3n) is 10.7. The minimum atomic E-state index is 1.16. The first-order valence-electron chi connectivity index (χ1n) is 18.3. The van der Waals surface area contributed by atoms with Gasteiger partial charge in [0.2, 0.25) is 0 Å². The van der Waals surface area contributed by atoms with Crippen LogP contribution in [0.25, 0.3) is 89.4 Å². The van der Waals surface area contributed by atoms with Crippen LogP contribution in [0.2, 0.25) is 0 Å². The highest BCUT2D eigenvalue weighted by molar-refractivity contribution is 6.11. The van der Waals surface area contributed by atoms with Crippen LogP contribution in [0.3, 0.4) is 0 Å². The van der Waals surface area contributed by atoms with Crippen LogP contribution >= 0.6 is 0 Å². The Balaban J connectivity index is 0.999. The van der Waals surface area contributed by atoms with Gasteiger partial charge in [-0.1, -0.05) is 158 Å². The number of hydrogen-bond donors (Lipinski definition) is 0. The van der Waals surface area contributed by atoms with Gasteiger partial charge in [-0.3, -0.25) is 0 Å². The van der Waals surface area contributed by atoms with Gasteiger partial charge in [-0.25, -0.2) is 0 Å². The summed E-state index contributed by atoms with van der Waals surface area (Å²) in [4.78, 5) is 0. The predicted molar refractivity (Wildman–Crippen MR) is 226 cm³/mol. The maximum absolute atomic E-state index is 2.41. The number of para-hydroxylation sites is 5. The Hall–Kier alpha value is -6.90. The fourth-order valence-electron chi connectivity index (χ4n) is 8.17. The molecule has 10 rings (SSSR count). The van der Waals surface area contributed by atoms with Crippen molar-refractivity contribution in [2.24, 2.45) is 0 Å². The van der Waals surface area contributed by atoms with Gasteiger partial charge in [-0.05, 0) is 82.8 Å². The Morgan fingerprint density at radius 1 is 0.358 bits per heavy atom. The van der Waals surface area contributed by atoms with Crippen molar-refractivity contribution >= 4 is 55.8 Å². The van der Waals surface area contributed by atoms with Crippen molar-refractivity contribution in [2.45, 2.75) is 6.92 Å². The second-order valence-corrected chi connectivity index (χ2v) is 13.8. The molecule has 0 fully saturated rings. The molecular formula is C51H36N2. The fraction of sp³-hybridized carbons (Fsp3) is 0.0196. The van der Waals surface area contributed by atoms with E-state index in [9.17, 15) is 0 Å². The molecule has 10 aromatic rings. The van der Waals surface area contributed by atoms with E-state index >= 15 is 0 Å². The lowest BCUT2D eigenvalue weighted by Gasteiger charge is -2.14. The summed E-state index contributed by atoms with van der Waals surface area (Å²) < 4.78 is 4.81. The van der Waals surface area contributed by atoms with Crippen LogP contribution in [0.15, 0.2) is 188 Å². The summed E-state index contributed by atoms with van der Waals surface area (Å²) in [6.07, 6.45) is 4.47. The highest BCUT2D eigenvalue weighted by atomic mass is 15.0. The SMILES string of the molecule is Cc1ccccc1-n1c2ccccc2c2cc(-c3ccccc3/C=C/c3ccc(-c4ccccc4-n4c5ccccc5c5ccccc54)cc3)ccc21. The smallest absolute Gasteiger partial charge is 0.0541 e. The third-order valence-corrected chi connectivity index (χ3v) is 10.7. The van der Waals surface area contributed by atoms with Gasteiger partial charge in [0.25, 0.3) is 0 Å². The summed E-state index contributed by atoms with van der Waals surface area (Å²) in [7, 11) is 0. The minimum absolute atomic E-state index is 1.16. The number of aryl methyl sites for hydroxylation is 1. The molecule has 0 aliphatic carbocycles. The highest BCUT2D eigenvalue weighted by Gasteiger charge is 2.16. The van der Waals surface area contributed by atoms with E-state index in [0.29, 0.717) is 0 Å². The molecule has 2 aromatic heterocycles. The number of fused-ring (bicyclic) bond motifs is 6. The van der Waals surface area contributed by atoms with Crippen LogP contribution in [0.1, 0.15) is 16.7 Å². The average Bonchev–Trinajstić information content (AvgIpc) is 3.73. The number of hydrogen-bond acceptors (Lipinski definition) is 0. The lowest BCUT2D eigenvalue weighted by atomic mass is 9.97. The van der Waals surface area contributed by atoms with Crippen LogP contribution in [0, 0.1) is 6.92 Å². The number of benzene rings is 8. The molecule has 0 unspecified atom stereocenters. The van der Waals surface area contributed by atoms with Gasteiger partial charge in [0.05, 0.1) is 27.8 Å². The fourth-order valence-corrected chi connectivity index (χ4v) is 8.17. The molecule has 8 aromatic carbocycles. The maximum atomic E-state index is 2.41. The molecule has 0 amide bonds. The van der Waals surface area contributed by atoms with E-state index in [0.717, 1.165) is 5.56 Å². The van der Waals surface area contributed by atoms with Gasteiger partial charge >= 0.3 is 0 Å². The standard InChI is InChI=1S/C51H36N2/c1-35-14-2-9-21-46(35)52-50-25-13-8-20-44(50)45-34-39(32-33-51(45)52)40-16-4-3-15-37(40)29-26-36-27-30-38(31-28-36)41-17-5-10-22-47(41)53-48-23-11-6-18-42(48)43-19-7-12-24-49(43)53/h2-34H,1H3/b29-26+. The summed E-state index contributed by atoms with van der Waals surface area (Å²) >= 11 is 0. The van der Waals surface area contributed by atoms with Crippen molar-refractivity contribution in [3.8, 4) is 33.6 Å². The number of nitrogens with zero attached hydrogens (tertiary/aromatic N) is 2. The molecule has 2 heteroatoms. The second-order valence-electron chi connectivity index (χ2n) is 13.8. The Kier molecular flexibility index (Phi) is 7.40. The molecule has 0 saturated carbocycles. The van der Waals surface area contributed by atoms with Crippen LogP contribution in [0.5, 0.6) is 0 Å². The lowest BCUT2D eigenvalue weighted by molar-refractivity contribution is 1.15. The van der Waals surface area contributed by atoms with E-state index < -0.39 is 0 Å². The monoisotopic (exact) mass is 676 g/mol. The van der Waals surface area contributed by atoms with E-state index in [1.54, 1.807) is 0 Å². The van der Waals surface area contributed by atoms with E-state index in [2.05, 4.69) is 216 Å². The molecule has 0 saturated heterocycles. The average molecular weight is 677 g/mol. The first-order chi connectivity index (χ1) is 26.2. The van der Waals surface area contributed by atoms with Gasteiger partial charge in [0.1, 0.15) is 0 Å². The predicted octanol–water partition coefficient (Wildman–Crippen LogP) is 13.7. The normalized spacial score (nSPS) is 11.8. The lowest BCUT2D eigenvalue weighted by Crippen LogP contribution is -1.96. The summed E-state index contributed by atoms with van der Waals surface area (Å²) in [5.41, 5.74) is 15.7. The summed E-state index contributed by atoms with van der Waals surface area (Å²) in [5, 5.41) is 5.07. The first-order valence-corrected chi connectivity index (χ1v) is 18.3. The van der Waals surface area contributed by atoms with Crippen molar-refractivity contribution in [1.29, 1.82) is 0 Å². The van der Waals surface area contributed by atoms with Crippen molar-refractivity contribution < 1.29 is 0 Å². The molecule has 0 aliphatic heterocycles. The van der Waals surface area contributed by atoms with Crippen LogP contribution in [-0.4, -0.2) is 9.13 Å². The Morgan fingerprint density at radius 2 is 0.849 bits per heavy atom. The maximum Gasteiger partial charge on any atom is 0.0541 e. The van der Waals surface area contributed by atoms with Crippen molar-refractivity contribution in [1.82, 2.24) is 9.13 Å². The van der Waals surface area contributed by atoms with Crippen LogP contribution in [0.4, 0.5) is 0 Å². The third kappa shape index (κ3) is 5.19. The topological polar surface area (TPSA) is 9.86 Å². The molecule has 0 spiro atoms. The minimum Gasteiger partial charge on any atom is -0.309 e. The number of rotatable bonds is 6. The van der Waals surface area contributed by atoms with Crippen molar-refractivity contribution in [3.63, 3.8) is 0 Å². The molecule has 250 valence electrons. The van der Waals surface area contributed by atoms with E-state index in [4.69, 9.17) is 0 Å². The van der Waals surface area contributed by atoms with Gasteiger partial charge in [-0.2, -0.15) is 0 Å². The molecular weight excluding hydrogens is 641 g/mol. The molecule has 0 aliphatic rings. The molecule has 2 nitrogen and oxygen atoms in total. The first kappa shape index (κ1) is 30.9. The second kappa shape index (κ2) is 12.7. The largest absolute Gasteiger partial charge is 0.309 e. The van der Waals surface area contributed by atoms with Crippen LogP contribution < -0.4 is 0 Å². The van der Waals surface area contributed by atoms with Crippen molar-refractivity contribution in [2.75, 3.05) is 0 Å². The molecule has 0 atom stereocenters. The van der Waals surface area contributed by atoms with E-state index in [1.165, 1.54) is 88.4 Å². The quantitative estimate of drug-likeness (QED) is 0.155. The zero-order chi connectivity index (χ0) is 35.3. The molecule has 2 heterocycles. The highest BCUT2D eigenvalue weighted by Crippen LogP contribution is 2.38. The summed E-state index contributed by atoms with van der Waals surface area (Å²) in [6.45, 7) is 2.19. The molecule has 0 N–H and O–H groups in total. The molecule has 0 radical (unpaired) electrons. The van der Waals surface area contributed by atoms with Gasteiger partial charge in [-0.15, -0.1) is 0 Å². The Labute approximate surface area is 309 Å². The van der Waals surface area contributed by atoms with E-state index in [-0.39, 0.29) is 0 Å². The summed E-state index contributed by atoms with van der Waals surface area (Å²) in [5.74, 6) is 0. The Morgan fingerprint density at radius 3 is 1.53 bits per heavy atom. The number of aromatic nitrogens is 2. The van der Waals surface area contributed by atoms with Crippen molar-refractivity contribution in [3.05, 3.63) is 205 Å². The van der Waals surface area contributed by atoms with Gasteiger partial charge in [0.15, 0.2) is 0 Å². The summed E-state index contributed by atoms with van der Waals surface area (Å²) in [6, 6.07) is 68.1. The van der Waals surface area contributed by atoms with Gasteiger partial charge < -0.3 is 9.13 Å². The van der Waals surface area contributed by atoms with Gasteiger partial charge in [0, 0.05) is 32.8 Å². The molecule has 0 bridgehead atoms. The molecule has 53 heavy (non-hydrogen) atoms. The Bertz CT molecular complexity index is 2950.